The van der Waals surface area contributed by atoms with Crippen LogP contribution in [0.5, 0.6) is 0 Å². The minimum atomic E-state index is -0.426. The number of hydrogen-bond donors (Lipinski definition) is 1. The third kappa shape index (κ3) is 3.80. The molecule has 2 heterocycles. The Morgan fingerprint density at radius 1 is 1.11 bits per heavy atom. The number of rotatable bonds is 5. The topological polar surface area (TPSA) is 75.7 Å². The summed E-state index contributed by atoms with van der Waals surface area (Å²) in [5.74, 6) is 1.16. The molecular formula is C21H24N2O4. The van der Waals surface area contributed by atoms with E-state index in [1.165, 1.54) is 6.07 Å². The molecule has 0 saturated heterocycles. The SMILES string of the molecule is Cc1ccc(C(CNC(=O)c2cc(=O)c3ccc(C)c(C)c3o2)N(C)C)o1. The first-order valence-corrected chi connectivity index (χ1v) is 8.83. The Morgan fingerprint density at radius 2 is 1.85 bits per heavy atom. The number of furan rings is 1. The van der Waals surface area contributed by atoms with Gasteiger partial charge in [-0.1, -0.05) is 6.07 Å². The van der Waals surface area contributed by atoms with Crippen molar-refractivity contribution in [2.75, 3.05) is 20.6 Å². The second-order valence-corrected chi connectivity index (χ2v) is 7.00. The fourth-order valence-corrected chi connectivity index (χ4v) is 3.01. The van der Waals surface area contributed by atoms with Crippen LogP contribution in [0.4, 0.5) is 0 Å². The molecular weight excluding hydrogens is 344 g/mol. The molecule has 27 heavy (non-hydrogen) atoms. The first-order chi connectivity index (χ1) is 12.8. The lowest BCUT2D eigenvalue weighted by atomic mass is 10.1. The lowest BCUT2D eigenvalue weighted by molar-refractivity contribution is 0.0911. The van der Waals surface area contributed by atoms with E-state index < -0.39 is 5.91 Å². The highest BCUT2D eigenvalue weighted by Crippen LogP contribution is 2.22. The van der Waals surface area contributed by atoms with E-state index in [2.05, 4.69) is 5.32 Å². The van der Waals surface area contributed by atoms with Crippen LogP contribution in [0.15, 0.2) is 44.0 Å². The van der Waals surface area contributed by atoms with Gasteiger partial charge in [0.25, 0.3) is 5.91 Å². The number of amides is 1. The maximum atomic E-state index is 12.6. The molecule has 0 bridgehead atoms. The number of benzene rings is 1. The summed E-state index contributed by atoms with van der Waals surface area (Å²) >= 11 is 0. The highest BCUT2D eigenvalue weighted by atomic mass is 16.3. The van der Waals surface area contributed by atoms with Crippen molar-refractivity contribution in [2.24, 2.45) is 0 Å². The molecule has 6 nitrogen and oxygen atoms in total. The van der Waals surface area contributed by atoms with Crippen LogP contribution in [-0.2, 0) is 0 Å². The fraction of sp³-hybridized carbons (Fsp3) is 0.333. The lowest BCUT2D eigenvalue weighted by Crippen LogP contribution is -2.34. The van der Waals surface area contributed by atoms with Crippen LogP contribution in [0.3, 0.4) is 0 Å². The zero-order valence-electron chi connectivity index (χ0n) is 16.3. The predicted molar refractivity (Wildman–Crippen MR) is 104 cm³/mol. The zero-order valence-corrected chi connectivity index (χ0v) is 16.3. The molecule has 0 radical (unpaired) electrons. The van der Waals surface area contributed by atoms with Crippen molar-refractivity contribution >= 4 is 16.9 Å². The van der Waals surface area contributed by atoms with Gasteiger partial charge in [0.15, 0.2) is 11.2 Å². The highest BCUT2D eigenvalue weighted by Gasteiger charge is 2.20. The van der Waals surface area contributed by atoms with E-state index in [-0.39, 0.29) is 17.2 Å². The quantitative estimate of drug-likeness (QED) is 0.747. The summed E-state index contributed by atoms with van der Waals surface area (Å²) in [5.41, 5.74) is 2.09. The van der Waals surface area contributed by atoms with Crippen LogP contribution in [0.1, 0.15) is 39.2 Å². The maximum absolute atomic E-state index is 12.6. The number of likely N-dealkylation sites (N-methyl/N-ethyl adjacent to an activating group) is 1. The summed E-state index contributed by atoms with van der Waals surface area (Å²) < 4.78 is 11.5. The Kier molecular flexibility index (Phi) is 5.19. The lowest BCUT2D eigenvalue weighted by Gasteiger charge is -2.22. The van der Waals surface area contributed by atoms with Gasteiger partial charge in [0.05, 0.1) is 11.4 Å². The van der Waals surface area contributed by atoms with Crippen LogP contribution in [0.25, 0.3) is 11.0 Å². The Bertz CT molecular complexity index is 1050. The van der Waals surface area contributed by atoms with E-state index in [9.17, 15) is 9.59 Å². The minimum Gasteiger partial charge on any atom is -0.465 e. The zero-order chi connectivity index (χ0) is 19.7. The Hall–Kier alpha value is -2.86. The Labute approximate surface area is 157 Å². The number of carbonyl (C=O) groups is 1. The highest BCUT2D eigenvalue weighted by molar-refractivity contribution is 5.93. The van der Waals surface area contributed by atoms with Crippen molar-refractivity contribution in [1.29, 1.82) is 0 Å². The normalized spacial score (nSPS) is 12.5. The maximum Gasteiger partial charge on any atom is 0.287 e. The molecule has 2 aromatic heterocycles. The van der Waals surface area contributed by atoms with Gasteiger partial charge >= 0.3 is 0 Å². The second-order valence-electron chi connectivity index (χ2n) is 7.00. The number of fused-ring (bicyclic) bond motifs is 1. The molecule has 1 unspecified atom stereocenters. The summed E-state index contributed by atoms with van der Waals surface area (Å²) in [6.45, 7) is 6.02. The van der Waals surface area contributed by atoms with Gasteiger partial charge in [-0.2, -0.15) is 0 Å². The van der Waals surface area contributed by atoms with Crippen LogP contribution >= 0.6 is 0 Å². The number of aryl methyl sites for hydroxylation is 3. The summed E-state index contributed by atoms with van der Waals surface area (Å²) in [5, 5.41) is 3.32. The van der Waals surface area contributed by atoms with E-state index >= 15 is 0 Å². The van der Waals surface area contributed by atoms with Crippen LogP contribution in [0, 0.1) is 20.8 Å². The van der Waals surface area contributed by atoms with E-state index in [1.807, 2.05) is 58.0 Å². The average Bonchev–Trinajstić information content (AvgIpc) is 3.04. The Morgan fingerprint density at radius 3 is 2.48 bits per heavy atom. The van der Waals surface area contributed by atoms with Gasteiger partial charge in [-0.15, -0.1) is 0 Å². The van der Waals surface area contributed by atoms with E-state index in [0.717, 1.165) is 22.6 Å². The number of carbonyl (C=O) groups excluding carboxylic acids is 1. The summed E-state index contributed by atoms with van der Waals surface area (Å²) in [7, 11) is 3.83. The summed E-state index contributed by atoms with van der Waals surface area (Å²) in [6, 6.07) is 8.51. The molecule has 0 fully saturated rings. The molecule has 0 aliphatic rings. The molecule has 1 atom stereocenters. The first kappa shape index (κ1) is 18.9. The van der Waals surface area contributed by atoms with Crippen molar-refractivity contribution in [3.63, 3.8) is 0 Å². The van der Waals surface area contributed by atoms with Crippen molar-refractivity contribution in [3.8, 4) is 0 Å². The number of nitrogens with one attached hydrogen (secondary N) is 1. The molecule has 142 valence electrons. The molecule has 1 amide bonds. The van der Waals surface area contributed by atoms with Gasteiger partial charge in [0.1, 0.15) is 17.1 Å². The van der Waals surface area contributed by atoms with Gasteiger partial charge in [-0.3, -0.25) is 14.5 Å². The second kappa shape index (κ2) is 7.40. The molecule has 1 N–H and O–H groups in total. The molecule has 1 aromatic carbocycles. The van der Waals surface area contributed by atoms with Gasteiger partial charge in [-0.05, 0) is 64.2 Å². The van der Waals surface area contributed by atoms with Gasteiger partial charge in [-0.25, -0.2) is 0 Å². The molecule has 0 spiro atoms. The monoisotopic (exact) mass is 368 g/mol. The third-order valence-electron chi connectivity index (χ3n) is 4.81. The molecule has 3 rings (SSSR count). The fourth-order valence-electron chi connectivity index (χ4n) is 3.01. The molecule has 3 aromatic rings. The standard InChI is InChI=1S/C21H24N2O4/c1-12-6-8-15-17(24)10-19(27-20(15)14(12)3)21(25)22-11-16(23(4)5)18-9-7-13(2)26-18/h6-10,16H,11H2,1-5H3,(H,22,25). The van der Waals surface area contributed by atoms with Crippen LogP contribution in [0.2, 0.25) is 0 Å². The van der Waals surface area contributed by atoms with Gasteiger partial charge in [0, 0.05) is 12.6 Å². The minimum absolute atomic E-state index is 0.00864. The van der Waals surface area contributed by atoms with Crippen LogP contribution in [-0.4, -0.2) is 31.4 Å². The summed E-state index contributed by atoms with van der Waals surface area (Å²) in [4.78, 5) is 26.9. The first-order valence-electron chi connectivity index (χ1n) is 8.83. The Balaban J connectivity index is 1.85. The van der Waals surface area contributed by atoms with Crippen molar-refractivity contribution in [3.05, 3.63) is 69.0 Å². The van der Waals surface area contributed by atoms with Crippen molar-refractivity contribution in [2.45, 2.75) is 26.8 Å². The predicted octanol–water partition coefficient (Wildman–Crippen LogP) is 3.34. The number of hydrogen-bond acceptors (Lipinski definition) is 5. The van der Waals surface area contributed by atoms with E-state index in [1.54, 1.807) is 6.07 Å². The summed E-state index contributed by atoms with van der Waals surface area (Å²) in [6.07, 6.45) is 0. The number of nitrogens with zero attached hydrogens (tertiary/aromatic N) is 1. The molecule has 0 saturated carbocycles. The third-order valence-corrected chi connectivity index (χ3v) is 4.81. The smallest absolute Gasteiger partial charge is 0.287 e. The molecule has 0 aliphatic carbocycles. The van der Waals surface area contributed by atoms with Crippen molar-refractivity contribution < 1.29 is 13.6 Å². The van der Waals surface area contributed by atoms with Gasteiger partial charge < -0.3 is 14.2 Å². The average molecular weight is 368 g/mol. The van der Waals surface area contributed by atoms with Crippen LogP contribution < -0.4 is 10.7 Å². The largest absolute Gasteiger partial charge is 0.465 e. The molecule has 6 heteroatoms. The van der Waals surface area contributed by atoms with E-state index in [4.69, 9.17) is 8.83 Å². The van der Waals surface area contributed by atoms with Crippen molar-refractivity contribution in [1.82, 2.24) is 10.2 Å². The molecule has 0 aliphatic heterocycles. The van der Waals surface area contributed by atoms with Gasteiger partial charge in [0.2, 0.25) is 0 Å². The van der Waals surface area contributed by atoms with E-state index in [0.29, 0.717) is 17.5 Å².